The Balaban J connectivity index is 2.12. The van der Waals surface area contributed by atoms with Gasteiger partial charge in [-0.3, -0.25) is 0 Å². The normalized spacial score (nSPS) is 29.0. The average Bonchev–Trinajstić information content (AvgIpc) is 2.67. The Kier molecular flexibility index (Phi) is 1.54. The molecule has 1 fully saturated rings. The zero-order chi connectivity index (χ0) is 10.9. The third kappa shape index (κ3) is 1.64. The maximum atomic E-state index is 7.20. The predicted octanol–water partition coefficient (Wildman–Crippen LogP) is 1.31. The summed E-state index contributed by atoms with van der Waals surface area (Å²) in [6, 6.07) is 0. The lowest BCUT2D eigenvalue weighted by molar-refractivity contribution is 0.460. The molecule has 1 atom stereocenters. The van der Waals surface area contributed by atoms with Gasteiger partial charge in [0.2, 0.25) is 0 Å². The van der Waals surface area contributed by atoms with Gasteiger partial charge in [-0.15, -0.1) is 0 Å². The first kappa shape index (κ1) is 5.29. The summed E-state index contributed by atoms with van der Waals surface area (Å²) in [4.78, 5) is 4.11. The van der Waals surface area contributed by atoms with Crippen LogP contribution in [-0.4, -0.2) is 22.4 Å². The van der Waals surface area contributed by atoms with E-state index < -0.39 is 6.85 Å². The summed E-state index contributed by atoms with van der Waals surface area (Å²) in [6.07, 6.45) is 2.19. The van der Waals surface area contributed by atoms with Gasteiger partial charge in [-0.1, -0.05) is 0 Å². The number of nitrogens with zero attached hydrogens (tertiary/aromatic N) is 2. The van der Waals surface area contributed by atoms with Crippen molar-refractivity contribution in [1.29, 1.82) is 0 Å². The molecule has 2 heterocycles. The Bertz CT molecular complexity index is 330. The maximum absolute atomic E-state index is 7.20. The zero-order valence-electron chi connectivity index (χ0n) is 9.71. The summed E-state index contributed by atoms with van der Waals surface area (Å²) in [5.74, 6) is 0.334. The molecule has 12 heavy (non-hydrogen) atoms. The third-order valence-corrected chi connectivity index (χ3v) is 2.96. The molecule has 1 N–H and O–H groups in total. The van der Waals surface area contributed by atoms with Crippen LogP contribution in [0.2, 0.25) is 0 Å². The topological polar surface area (TPSA) is 37.8 Å². The van der Waals surface area contributed by atoms with Crippen molar-refractivity contribution in [3.05, 3.63) is 10.8 Å². The summed E-state index contributed by atoms with van der Waals surface area (Å²) in [5.41, 5.74) is 0. The van der Waals surface area contributed by atoms with Gasteiger partial charge >= 0.3 is 0 Å². The molecule has 66 valence electrons. The first-order valence-electron chi connectivity index (χ1n) is 5.62. The molecule has 0 radical (unpaired) electrons. The monoisotopic (exact) mass is 186 g/mol. The molecule has 1 aromatic heterocycles. The van der Waals surface area contributed by atoms with Crippen LogP contribution in [-0.2, 0) is 0 Å². The Hall–Kier alpha value is -0.480. The highest BCUT2D eigenvalue weighted by Gasteiger charge is 2.18. The van der Waals surface area contributed by atoms with Gasteiger partial charge in [0, 0.05) is 16.6 Å². The van der Waals surface area contributed by atoms with Gasteiger partial charge < -0.3 is 5.32 Å². The highest BCUT2D eigenvalue weighted by atomic mass is 32.1. The van der Waals surface area contributed by atoms with Gasteiger partial charge in [0.15, 0.2) is 0 Å². The standard InChI is InChI=1S/C8H13N3S/c1-6-10-8(12-11-6)7-3-2-4-9-5-7/h7,9H,2-5H2,1H3/i1D3. The van der Waals surface area contributed by atoms with E-state index in [4.69, 9.17) is 4.11 Å². The van der Waals surface area contributed by atoms with E-state index in [9.17, 15) is 0 Å². The molecule has 0 bridgehead atoms. The fourth-order valence-corrected chi connectivity index (χ4v) is 2.16. The fraction of sp³-hybridized carbons (Fsp3) is 0.750. The number of aryl methyl sites for hydroxylation is 1. The van der Waals surface area contributed by atoms with Gasteiger partial charge in [-0.05, 0) is 37.8 Å². The quantitative estimate of drug-likeness (QED) is 0.718. The molecule has 2 rings (SSSR count). The van der Waals surface area contributed by atoms with E-state index in [0.29, 0.717) is 5.92 Å². The predicted molar refractivity (Wildman–Crippen MR) is 49.5 cm³/mol. The Morgan fingerprint density at radius 1 is 1.75 bits per heavy atom. The SMILES string of the molecule is [2H]C([2H])([2H])c1nsc(C2CCCNC2)n1. The Labute approximate surface area is 80.6 Å². The molecule has 1 saturated heterocycles. The van der Waals surface area contributed by atoms with Gasteiger partial charge in [0.25, 0.3) is 0 Å². The van der Waals surface area contributed by atoms with Crippen LogP contribution in [0.3, 0.4) is 0 Å². The second kappa shape index (κ2) is 3.49. The molecular weight excluding hydrogens is 170 g/mol. The second-order valence-corrected chi connectivity index (χ2v) is 3.78. The molecule has 4 heteroatoms. The molecule has 3 nitrogen and oxygen atoms in total. The van der Waals surface area contributed by atoms with E-state index in [1.807, 2.05) is 0 Å². The minimum Gasteiger partial charge on any atom is -0.316 e. The van der Waals surface area contributed by atoms with E-state index in [2.05, 4.69) is 14.7 Å². The molecular formula is C8H13N3S. The molecule has 1 aliphatic rings. The van der Waals surface area contributed by atoms with Crippen LogP contribution in [0.5, 0.6) is 0 Å². The molecule has 1 unspecified atom stereocenters. The Morgan fingerprint density at radius 3 is 3.42 bits per heavy atom. The molecule has 1 aliphatic heterocycles. The number of nitrogens with one attached hydrogen (secondary N) is 1. The van der Waals surface area contributed by atoms with E-state index >= 15 is 0 Å². The lowest BCUT2D eigenvalue weighted by Gasteiger charge is -2.19. The minimum absolute atomic E-state index is 0.00641. The van der Waals surface area contributed by atoms with E-state index in [1.165, 1.54) is 11.5 Å². The number of aromatic nitrogens is 2. The van der Waals surface area contributed by atoms with Crippen molar-refractivity contribution in [2.75, 3.05) is 13.1 Å². The second-order valence-electron chi connectivity index (χ2n) is 3.00. The van der Waals surface area contributed by atoms with Crippen molar-refractivity contribution in [2.24, 2.45) is 0 Å². The molecule has 0 spiro atoms. The maximum Gasteiger partial charge on any atom is 0.139 e. The van der Waals surface area contributed by atoms with Gasteiger partial charge in [0.1, 0.15) is 10.8 Å². The van der Waals surface area contributed by atoms with E-state index in [-0.39, 0.29) is 5.82 Å². The van der Waals surface area contributed by atoms with Gasteiger partial charge in [0.05, 0.1) is 0 Å². The first-order chi connectivity index (χ1) is 7.07. The lowest BCUT2D eigenvalue weighted by Crippen LogP contribution is -2.28. The van der Waals surface area contributed by atoms with Crippen molar-refractivity contribution in [1.82, 2.24) is 14.7 Å². The average molecular weight is 186 g/mol. The minimum atomic E-state index is -2.17. The summed E-state index contributed by atoms with van der Waals surface area (Å²) in [7, 11) is 0. The molecule has 1 aromatic rings. The summed E-state index contributed by atoms with van der Waals surface area (Å²) in [5, 5.41) is 4.13. The summed E-state index contributed by atoms with van der Waals surface area (Å²) < 4.78 is 25.5. The highest BCUT2D eigenvalue weighted by Crippen LogP contribution is 2.23. The number of hydrogen-bond donors (Lipinski definition) is 1. The van der Waals surface area contributed by atoms with Crippen molar-refractivity contribution in [2.45, 2.75) is 25.6 Å². The fourth-order valence-electron chi connectivity index (χ4n) is 1.46. The van der Waals surface area contributed by atoms with Crippen LogP contribution in [0.15, 0.2) is 0 Å². The van der Waals surface area contributed by atoms with Crippen LogP contribution in [0.4, 0.5) is 0 Å². The third-order valence-electron chi connectivity index (χ3n) is 2.09. The van der Waals surface area contributed by atoms with Gasteiger partial charge in [-0.2, -0.15) is 4.37 Å². The Morgan fingerprint density at radius 2 is 2.75 bits per heavy atom. The van der Waals surface area contributed by atoms with E-state index in [1.54, 1.807) is 0 Å². The van der Waals surface area contributed by atoms with Crippen LogP contribution in [0, 0.1) is 6.85 Å². The summed E-state index contributed by atoms with van der Waals surface area (Å²) >= 11 is 1.22. The molecule has 0 aliphatic carbocycles. The first-order valence-corrected chi connectivity index (χ1v) is 4.89. The largest absolute Gasteiger partial charge is 0.316 e. The van der Waals surface area contributed by atoms with Crippen LogP contribution in [0.1, 0.15) is 33.7 Å². The molecule has 0 amide bonds. The van der Waals surface area contributed by atoms with E-state index in [0.717, 1.165) is 30.9 Å². The van der Waals surface area contributed by atoms with Crippen molar-refractivity contribution < 1.29 is 4.11 Å². The van der Waals surface area contributed by atoms with Crippen LogP contribution < -0.4 is 5.32 Å². The number of rotatable bonds is 1. The molecule has 0 aromatic carbocycles. The highest BCUT2D eigenvalue weighted by molar-refractivity contribution is 7.05. The van der Waals surface area contributed by atoms with Crippen LogP contribution >= 0.6 is 11.5 Å². The van der Waals surface area contributed by atoms with Crippen LogP contribution in [0.25, 0.3) is 0 Å². The number of hydrogen-bond acceptors (Lipinski definition) is 4. The smallest absolute Gasteiger partial charge is 0.139 e. The lowest BCUT2D eigenvalue weighted by atomic mass is 10.0. The van der Waals surface area contributed by atoms with Crippen molar-refractivity contribution in [3.8, 4) is 0 Å². The van der Waals surface area contributed by atoms with Gasteiger partial charge in [-0.25, -0.2) is 4.98 Å². The zero-order valence-corrected chi connectivity index (χ0v) is 7.52. The summed E-state index contributed by atoms with van der Waals surface area (Å²) in [6.45, 7) is -0.242. The molecule has 0 saturated carbocycles. The number of piperidine rings is 1. The van der Waals surface area contributed by atoms with Crippen molar-refractivity contribution in [3.63, 3.8) is 0 Å². The van der Waals surface area contributed by atoms with Crippen molar-refractivity contribution >= 4 is 11.5 Å².